The van der Waals surface area contributed by atoms with Gasteiger partial charge in [-0.05, 0) is 49.2 Å². The molecule has 0 fully saturated rings. The first-order valence-electron chi connectivity index (χ1n) is 11.8. The van der Waals surface area contributed by atoms with Gasteiger partial charge in [-0.1, -0.05) is 56.3 Å². The van der Waals surface area contributed by atoms with Gasteiger partial charge in [0.05, 0.1) is 16.8 Å². The Labute approximate surface area is 213 Å². The summed E-state index contributed by atoms with van der Waals surface area (Å²) in [5.74, 6) is -2.58. The quantitative estimate of drug-likeness (QED) is 0.116. The molecule has 9 heteroatoms. The third-order valence-electron chi connectivity index (χ3n) is 5.84. The number of rotatable bonds is 9. The third kappa shape index (κ3) is 5.40. The molecule has 1 N–H and O–H groups in total. The number of nitrogens with zero attached hydrogens (tertiary/aromatic N) is 2. The lowest BCUT2D eigenvalue weighted by Crippen LogP contribution is -2.39. The predicted octanol–water partition coefficient (Wildman–Crippen LogP) is 4.45. The number of fused-ring (bicyclic) bond motifs is 1. The first-order chi connectivity index (χ1) is 17.9. The number of hydrogen-bond acceptors (Lipinski definition) is 8. The Kier molecular flexibility index (Phi) is 7.73. The molecule has 0 aliphatic carbocycles. The van der Waals surface area contributed by atoms with Gasteiger partial charge >= 0.3 is 11.9 Å². The summed E-state index contributed by atoms with van der Waals surface area (Å²) in [7, 11) is 0. The zero-order valence-corrected chi connectivity index (χ0v) is 20.3. The lowest BCUT2D eigenvalue weighted by molar-refractivity contribution is -0.131. The molecule has 2 amide bonds. The molecule has 0 unspecified atom stereocenters. The second kappa shape index (κ2) is 11.3. The molecule has 188 valence electrons. The second-order valence-corrected chi connectivity index (χ2v) is 8.16. The largest absolute Gasteiger partial charge is 0.422 e. The standard InChI is InChI=1S/C28H25N3O6/c1-3-18(4-2)31-25(32)21-16-11-17-22(23(21)26(31)33)29-30-24(27(34)36-19-12-7-5-8-13-19)28(35)37-20-14-9-6-10-15-20/h5-18,29H,3-4H2,1-2H3. The zero-order valence-electron chi connectivity index (χ0n) is 20.3. The van der Waals surface area contributed by atoms with E-state index in [1.807, 2.05) is 13.8 Å². The lowest BCUT2D eigenvalue weighted by atomic mass is 10.1. The van der Waals surface area contributed by atoms with E-state index >= 15 is 0 Å². The summed E-state index contributed by atoms with van der Waals surface area (Å²) in [6.07, 6.45) is 1.23. The van der Waals surface area contributed by atoms with Crippen LogP contribution in [0.2, 0.25) is 0 Å². The molecule has 0 bridgehead atoms. The van der Waals surface area contributed by atoms with Crippen molar-refractivity contribution in [3.63, 3.8) is 0 Å². The average Bonchev–Trinajstić information content (AvgIpc) is 3.17. The molecule has 9 nitrogen and oxygen atoms in total. The highest BCUT2D eigenvalue weighted by Crippen LogP contribution is 2.32. The summed E-state index contributed by atoms with van der Waals surface area (Å²) < 4.78 is 10.6. The number of amides is 2. The molecule has 3 aromatic rings. The molecule has 0 saturated carbocycles. The fourth-order valence-electron chi connectivity index (χ4n) is 3.96. The first kappa shape index (κ1) is 25.3. The summed E-state index contributed by atoms with van der Waals surface area (Å²) in [5.41, 5.74) is 2.44. The van der Waals surface area contributed by atoms with Gasteiger partial charge in [-0.15, -0.1) is 0 Å². The van der Waals surface area contributed by atoms with Gasteiger partial charge in [0.1, 0.15) is 11.5 Å². The number of anilines is 1. The van der Waals surface area contributed by atoms with Crippen LogP contribution in [-0.4, -0.2) is 40.4 Å². The maximum atomic E-state index is 13.2. The molecule has 3 aromatic carbocycles. The number of benzene rings is 3. The van der Waals surface area contributed by atoms with Crippen molar-refractivity contribution in [3.8, 4) is 11.5 Å². The van der Waals surface area contributed by atoms with Crippen LogP contribution < -0.4 is 14.9 Å². The Balaban J connectivity index is 1.66. The van der Waals surface area contributed by atoms with Gasteiger partial charge in [0.15, 0.2) is 0 Å². The van der Waals surface area contributed by atoms with E-state index in [4.69, 9.17) is 9.47 Å². The van der Waals surface area contributed by atoms with Crippen molar-refractivity contribution in [2.24, 2.45) is 5.10 Å². The molecule has 0 saturated heterocycles. The van der Waals surface area contributed by atoms with E-state index in [2.05, 4.69) is 10.5 Å². The second-order valence-electron chi connectivity index (χ2n) is 8.16. The number of imide groups is 1. The highest BCUT2D eigenvalue weighted by molar-refractivity contribution is 6.63. The molecule has 0 atom stereocenters. The van der Waals surface area contributed by atoms with Crippen molar-refractivity contribution in [1.82, 2.24) is 4.90 Å². The first-order valence-corrected chi connectivity index (χ1v) is 11.8. The maximum Gasteiger partial charge on any atom is 0.371 e. The van der Waals surface area contributed by atoms with E-state index in [9.17, 15) is 19.2 Å². The molecule has 4 rings (SSSR count). The number of hydrazone groups is 1. The molecule has 37 heavy (non-hydrogen) atoms. The Bertz CT molecular complexity index is 1300. The number of para-hydroxylation sites is 2. The van der Waals surface area contributed by atoms with Crippen molar-refractivity contribution in [2.45, 2.75) is 32.7 Å². The predicted molar refractivity (Wildman–Crippen MR) is 137 cm³/mol. The van der Waals surface area contributed by atoms with Crippen molar-refractivity contribution >= 4 is 35.2 Å². The Hall–Kier alpha value is -4.79. The smallest absolute Gasteiger partial charge is 0.371 e. The number of nitrogens with one attached hydrogen (secondary N) is 1. The SMILES string of the molecule is CCC(CC)N1C(=O)c2cccc(NN=C(C(=O)Oc3ccccc3)C(=O)Oc3ccccc3)c2C1=O. The van der Waals surface area contributed by atoms with E-state index in [1.54, 1.807) is 72.8 Å². The number of hydrogen-bond donors (Lipinski definition) is 1. The average molecular weight is 500 g/mol. The van der Waals surface area contributed by atoms with Gasteiger partial charge in [-0.25, -0.2) is 9.59 Å². The molecule has 0 aromatic heterocycles. The number of ether oxygens (including phenoxy) is 2. The molecular formula is C28H25N3O6. The van der Waals surface area contributed by atoms with Crippen LogP contribution in [0.15, 0.2) is 84.0 Å². The normalized spacial score (nSPS) is 12.2. The van der Waals surface area contributed by atoms with E-state index in [0.29, 0.717) is 12.8 Å². The van der Waals surface area contributed by atoms with Gasteiger partial charge in [0.25, 0.3) is 17.5 Å². The molecule has 0 spiro atoms. The van der Waals surface area contributed by atoms with E-state index in [-0.39, 0.29) is 34.4 Å². The van der Waals surface area contributed by atoms with Crippen LogP contribution in [0.1, 0.15) is 47.4 Å². The van der Waals surface area contributed by atoms with Crippen LogP contribution in [0, 0.1) is 0 Å². The van der Waals surface area contributed by atoms with E-state index < -0.39 is 29.5 Å². The Morgan fingerprint density at radius 1 is 0.784 bits per heavy atom. The van der Waals surface area contributed by atoms with Gasteiger partial charge in [0.2, 0.25) is 0 Å². The highest BCUT2D eigenvalue weighted by Gasteiger charge is 2.40. The summed E-state index contributed by atoms with van der Waals surface area (Å²) in [5, 5.41) is 3.97. The van der Waals surface area contributed by atoms with Gasteiger partial charge in [0, 0.05) is 6.04 Å². The van der Waals surface area contributed by atoms with Crippen LogP contribution in [0.5, 0.6) is 11.5 Å². The highest BCUT2D eigenvalue weighted by atomic mass is 16.6. The molecular weight excluding hydrogens is 474 g/mol. The minimum atomic E-state index is -1.06. The fourth-order valence-corrected chi connectivity index (χ4v) is 3.96. The molecule has 1 aliphatic heterocycles. The summed E-state index contributed by atoms with van der Waals surface area (Å²) >= 11 is 0. The summed E-state index contributed by atoms with van der Waals surface area (Å²) in [4.78, 5) is 53.3. The fraction of sp³-hybridized carbons (Fsp3) is 0.179. The van der Waals surface area contributed by atoms with Crippen LogP contribution in [0.25, 0.3) is 0 Å². The minimum absolute atomic E-state index is 0.121. The van der Waals surface area contributed by atoms with Crippen molar-refractivity contribution in [2.75, 3.05) is 5.43 Å². The van der Waals surface area contributed by atoms with Crippen molar-refractivity contribution < 1.29 is 28.7 Å². The van der Waals surface area contributed by atoms with Gasteiger partial charge in [-0.2, -0.15) is 5.10 Å². The number of esters is 2. The van der Waals surface area contributed by atoms with Crippen molar-refractivity contribution in [1.29, 1.82) is 0 Å². The van der Waals surface area contributed by atoms with E-state index in [0.717, 1.165) is 0 Å². The van der Waals surface area contributed by atoms with Crippen LogP contribution >= 0.6 is 0 Å². The minimum Gasteiger partial charge on any atom is -0.422 e. The summed E-state index contributed by atoms with van der Waals surface area (Å²) in [6, 6.07) is 20.8. The Morgan fingerprint density at radius 3 is 1.84 bits per heavy atom. The van der Waals surface area contributed by atoms with Gasteiger partial charge in [-0.3, -0.25) is 19.9 Å². The molecule has 0 radical (unpaired) electrons. The van der Waals surface area contributed by atoms with E-state index in [1.165, 1.54) is 11.0 Å². The number of carbonyl (C=O) groups excluding carboxylic acids is 4. The van der Waals surface area contributed by atoms with Crippen molar-refractivity contribution in [3.05, 3.63) is 90.0 Å². The Morgan fingerprint density at radius 2 is 1.32 bits per heavy atom. The van der Waals surface area contributed by atoms with Crippen LogP contribution in [0.3, 0.4) is 0 Å². The lowest BCUT2D eigenvalue weighted by Gasteiger charge is -2.23. The summed E-state index contributed by atoms with van der Waals surface area (Å²) in [6.45, 7) is 3.81. The molecule has 1 heterocycles. The third-order valence-corrected chi connectivity index (χ3v) is 5.84. The van der Waals surface area contributed by atoms with Crippen LogP contribution in [-0.2, 0) is 9.59 Å². The van der Waals surface area contributed by atoms with Gasteiger partial charge < -0.3 is 9.47 Å². The maximum absolute atomic E-state index is 13.2. The zero-order chi connectivity index (χ0) is 26.4. The monoisotopic (exact) mass is 499 g/mol. The topological polar surface area (TPSA) is 114 Å². The molecule has 1 aliphatic rings. The number of carbonyl (C=O) groups is 4. The van der Waals surface area contributed by atoms with Crippen LogP contribution in [0.4, 0.5) is 5.69 Å².